The van der Waals surface area contributed by atoms with Gasteiger partial charge in [0.05, 0.1) is 6.54 Å². The first-order valence-corrected chi connectivity index (χ1v) is 9.63. The summed E-state index contributed by atoms with van der Waals surface area (Å²) in [6.45, 7) is 5.30. The number of fused-ring (bicyclic) bond motifs is 1. The zero-order valence-corrected chi connectivity index (χ0v) is 15.3. The molecule has 3 aromatic rings. The van der Waals surface area contributed by atoms with Crippen LogP contribution in [0.2, 0.25) is 0 Å². The molecule has 0 unspecified atom stereocenters. The number of hydrogen-bond donors (Lipinski definition) is 1. The standard InChI is InChI=1S/C21H26N4O/c1-2-24-20(18-10-6-13-22-15-18)23-25(21(24)26)14-12-17-9-5-8-16-7-3-4-11-19(16)17/h3-5,7-9,11,18,22H,2,6,10,12-15H2,1H3/t18-/m1/s1. The molecule has 1 atom stereocenters. The van der Waals surface area contributed by atoms with Crippen molar-refractivity contribution in [3.05, 3.63) is 64.3 Å². The number of nitrogens with zero attached hydrogens (tertiary/aromatic N) is 3. The molecule has 1 N–H and O–H groups in total. The highest BCUT2D eigenvalue weighted by atomic mass is 16.2. The Morgan fingerprint density at radius 1 is 1.19 bits per heavy atom. The third-order valence-corrected chi connectivity index (χ3v) is 5.40. The number of aromatic nitrogens is 3. The Bertz CT molecular complexity index is 945. The van der Waals surface area contributed by atoms with E-state index >= 15 is 0 Å². The molecule has 5 nitrogen and oxygen atoms in total. The Labute approximate surface area is 153 Å². The molecule has 0 bridgehead atoms. The zero-order valence-electron chi connectivity index (χ0n) is 15.3. The number of aryl methyl sites for hydroxylation is 2. The first kappa shape index (κ1) is 17.0. The monoisotopic (exact) mass is 350 g/mol. The Hall–Kier alpha value is -2.40. The van der Waals surface area contributed by atoms with Gasteiger partial charge >= 0.3 is 5.69 Å². The van der Waals surface area contributed by atoms with Gasteiger partial charge in [-0.2, -0.15) is 5.10 Å². The quantitative estimate of drug-likeness (QED) is 0.770. The number of piperidine rings is 1. The van der Waals surface area contributed by atoms with E-state index in [0.29, 0.717) is 19.0 Å². The van der Waals surface area contributed by atoms with Crippen LogP contribution in [0.1, 0.15) is 37.1 Å². The summed E-state index contributed by atoms with van der Waals surface area (Å²) in [6, 6.07) is 14.8. The van der Waals surface area contributed by atoms with Gasteiger partial charge in [-0.05, 0) is 49.1 Å². The van der Waals surface area contributed by atoms with Gasteiger partial charge in [-0.3, -0.25) is 4.57 Å². The molecule has 2 aromatic carbocycles. The van der Waals surface area contributed by atoms with Gasteiger partial charge < -0.3 is 5.32 Å². The van der Waals surface area contributed by atoms with Crippen LogP contribution in [0.25, 0.3) is 10.8 Å². The number of benzene rings is 2. The van der Waals surface area contributed by atoms with E-state index in [1.54, 1.807) is 4.68 Å². The number of hydrogen-bond acceptors (Lipinski definition) is 3. The Morgan fingerprint density at radius 2 is 2.04 bits per heavy atom. The molecule has 4 rings (SSSR count). The molecule has 26 heavy (non-hydrogen) atoms. The first-order valence-electron chi connectivity index (χ1n) is 9.63. The van der Waals surface area contributed by atoms with E-state index in [-0.39, 0.29) is 5.69 Å². The fourth-order valence-corrected chi connectivity index (χ4v) is 4.01. The van der Waals surface area contributed by atoms with Crippen molar-refractivity contribution in [1.29, 1.82) is 0 Å². The Morgan fingerprint density at radius 3 is 2.85 bits per heavy atom. The number of rotatable bonds is 5. The molecular weight excluding hydrogens is 324 g/mol. The molecule has 0 aliphatic carbocycles. The van der Waals surface area contributed by atoms with Gasteiger partial charge in [-0.25, -0.2) is 9.48 Å². The summed E-state index contributed by atoms with van der Waals surface area (Å²) < 4.78 is 3.51. The largest absolute Gasteiger partial charge is 0.345 e. The second-order valence-corrected chi connectivity index (χ2v) is 7.04. The molecule has 0 amide bonds. The van der Waals surface area contributed by atoms with Crippen LogP contribution < -0.4 is 11.0 Å². The van der Waals surface area contributed by atoms with Gasteiger partial charge in [0.25, 0.3) is 0 Å². The maximum Gasteiger partial charge on any atom is 0.345 e. The molecule has 1 aliphatic heterocycles. The van der Waals surface area contributed by atoms with Crippen LogP contribution in [0.15, 0.2) is 47.3 Å². The van der Waals surface area contributed by atoms with Gasteiger partial charge in [0.15, 0.2) is 0 Å². The molecule has 1 aliphatic rings. The minimum Gasteiger partial charge on any atom is -0.316 e. The zero-order chi connectivity index (χ0) is 17.9. The summed E-state index contributed by atoms with van der Waals surface area (Å²) in [5, 5.41) is 10.7. The van der Waals surface area contributed by atoms with Crippen LogP contribution in [0.3, 0.4) is 0 Å². The highest BCUT2D eigenvalue weighted by molar-refractivity contribution is 5.85. The van der Waals surface area contributed by atoms with Gasteiger partial charge in [0, 0.05) is 19.0 Å². The first-order chi connectivity index (χ1) is 12.8. The molecule has 0 radical (unpaired) electrons. The van der Waals surface area contributed by atoms with Crippen LogP contribution in [0, 0.1) is 0 Å². The van der Waals surface area contributed by atoms with E-state index in [1.807, 2.05) is 11.5 Å². The highest BCUT2D eigenvalue weighted by Gasteiger charge is 2.23. The average molecular weight is 350 g/mol. The van der Waals surface area contributed by atoms with Crippen molar-refractivity contribution in [2.24, 2.45) is 0 Å². The lowest BCUT2D eigenvalue weighted by Gasteiger charge is -2.21. The van der Waals surface area contributed by atoms with Crippen LogP contribution in [-0.2, 0) is 19.5 Å². The minimum atomic E-state index is 0.0216. The van der Waals surface area contributed by atoms with E-state index in [2.05, 4.69) is 47.8 Å². The second kappa shape index (κ2) is 7.46. The normalized spacial score (nSPS) is 17.7. The van der Waals surface area contributed by atoms with E-state index < -0.39 is 0 Å². The lowest BCUT2D eigenvalue weighted by atomic mass is 9.99. The van der Waals surface area contributed by atoms with Crippen molar-refractivity contribution in [1.82, 2.24) is 19.7 Å². The maximum atomic E-state index is 12.8. The van der Waals surface area contributed by atoms with Crippen molar-refractivity contribution < 1.29 is 0 Å². The SMILES string of the molecule is CCn1c([C@@H]2CCCNC2)nn(CCc2cccc3ccccc23)c1=O. The summed E-state index contributed by atoms with van der Waals surface area (Å²) in [5.41, 5.74) is 1.29. The average Bonchev–Trinajstić information content (AvgIpc) is 3.02. The van der Waals surface area contributed by atoms with Crippen molar-refractivity contribution in [3.8, 4) is 0 Å². The summed E-state index contributed by atoms with van der Waals surface area (Å²) in [7, 11) is 0. The van der Waals surface area contributed by atoms with Gasteiger partial charge in [0.1, 0.15) is 5.82 Å². The van der Waals surface area contributed by atoms with Crippen LogP contribution in [0.5, 0.6) is 0 Å². The van der Waals surface area contributed by atoms with Gasteiger partial charge in [0.2, 0.25) is 0 Å². The smallest absolute Gasteiger partial charge is 0.316 e. The maximum absolute atomic E-state index is 12.8. The molecule has 0 saturated carbocycles. The van der Waals surface area contributed by atoms with Gasteiger partial charge in [-0.1, -0.05) is 42.5 Å². The van der Waals surface area contributed by atoms with E-state index in [1.165, 1.54) is 16.3 Å². The van der Waals surface area contributed by atoms with Crippen molar-refractivity contribution in [2.45, 2.75) is 45.2 Å². The third kappa shape index (κ3) is 3.19. The molecule has 0 spiro atoms. The fourth-order valence-electron chi connectivity index (χ4n) is 4.01. The molecule has 1 fully saturated rings. The van der Waals surface area contributed by atoms with Crippen LogP contribution in [0.4, 0.5) is 0 Å². The third-order valence-electron chi connectivity index (χ3n) is 5.40. The van der Waals surface area contributed by atoms with E-state index in [4.69, 9.17) is 5.10 Å². The summed E-state index contributed by atoms with van der Waals surface area (Å²) in [4.78, 5) is 12.8. The predicted octanol–water partition coefficient (Wildman–Crippen LogP) is 2.93. The summed E-state index contributed by atoms with van der Waals surface area (Å²) in [6.07, 6.45) is 3.06. The van der Waals surface area contributed by atoms with Crippen molar-refractivity contribution in [3.63, 3.8) is 0 Å². The van der Waals surface area contributed by atoms with Crippen molar-refractivity contribution >= 4 is 10.8 Å². The second-order valence-electron chi connectivity index (χ2n) is 7.04. The Balaban J connectivity index is 1.60. The minimum absolute atomic E-state index is 0.0216. The molecular formula is C21H26N4O. The lowest BCUT2D eigenvalue weighted by molar-refractivity contribution is 0.430. The van der Waals surface area contributed by atoms with Crippen LogP contribution >= 0.6 is 0 Å². The molecule has 1 aromatic heterocycles. The highest BCUT2D eigenvalue weighted by Crippen LogP contribution is 2.21. The fraction of sp³-hybridized carbons (Fsp3) is 0.429. The molecule has 5 heteroatoms. The molecule has 136 valence electrons. The van der Waals surface area contributed by atoms with Gasteiger partial charge in [-0.15, -0.1) is 0 Å². The number of nitrogens with one attached hydrogen (secondary N) is 1. The summed E-state index contributed by atoms with van der Waals surface area (Å²) in [5.74, 6) is 1.29. The predicted molar refractivity (Wildman–Crippen MR) is 105 cm³/mol. The van der Waals surface area contributed by atoms with Crippen LogP contribution in [-0.4, -0.2) is 27.4 Å². The van der Waals surface area contributed by atoms with E-state index in [0.717, 1.165) is 38.2 Å². The topological polar surface area (TPSA) is 51.9 Å². The molecule has 2 heterocycles. The van der Waals surface area contributed by atoms with E-state index in [9.17, 15) is 4.79 Å². The Kier molecular flexibility index (Phi) is 4.89. The lowest BCUT2D eigenvalue weighted by Crippen LogP contribution is -2.31. The van der Waals surface area contributed by atoms with Crippen molar-refractivity contribution in [2.75, 3.05) is 13.1 Å². The molecule has 1 saturated heterocycles. The summed E-state index contributed by atoms with van der Waals surface area (Å²) >= 11 is 0.